The van der Waals surface area contributed by atoms with Crippen molar-refractivity contribution in [1.29, 1.82) is 0 Å². The molecule has 2 N–H and O–H groups in total. The Morgan fingerprint density at radius 1 is 1.35 bits per heavy atom. The molecule has 0 saturated heterocycles. The maximum Gasteiger partial charge on any atom is 0.308 e. The van der Waals surface area contributed by atoms with E-state index in [9.17, 15) is 13.2 Å². The first-order valence-corrected chi connectivity index (χ1v) is 7.99. The average Bonchev–Trinajstić information content (AvgIpc) is 2.80. The Hall–Kier alpha value is -1.64. The second kappa shape index (κ2) is 5.78. The van der Waals surface area contributed by atoms with Crippen LogP contribution in [0.4, 0.5) is 5.69 Å². The van der Waals surface area contributed by atoms with Gasteiger partial charge in [0.2, 0.25) is 0 Å². The smallest absolute Gasteiger partial charge is 0.308 e. The fourth-order valence-electron chi connectivity index (χ4n) is 1.39. The molecule has 6 nitrogen and oxygen atoms in total. The maximum atomic E-state index is 12.1. The van der Waals surface area contributed by atoms with Crippen LogP contribution < -0.4 is 4.72 Å². The van der Waals surface area contributed by atoms with Crippen molar-refractivity contribution in [3.05, 3.63) is 40.5 Å². The normalized spacial score (nSPS) is 11.2. The van der Waals surface area contributed by atoms with Crippen molar-refractivity contribution >= 4 is 44.6 Å². The summed E-state index contributed by atoms with van der Waals surface area (Å²) in [6, 6.07) is 5.80. The van der Waals surface area contributed by atoms with Crippen LogP contribution in [-0.2, 0) is 21.2 Å². The van der Waals surface area contributed by atoms with Crippen LogP contribution in [0, 0.1) is 0 Å². The third kappa shape index (κ3) is 3.69. The minimum absolute atomic E-state index is 0.0451. The maximum absolute atomic E-state index is 12.1. The van der Waals surface area contributed by atoms with Crippen LogP contribution in [0.15, 0.2) is 34.7 Å². The van der Waals surface area contributed by atoms with E-state index in [-0.39, 0.29) is 21.5 Å². The first-order valence-electron chi connectivity index (χ1n) is 5.32. The SMILES string of the molecule is O=C(O)Cc1ccc(S(=O)(=O)Nc2ccc(Cl)nc2)s1. The topological polar surface area (TPSA) is 96.4 Å². The van der Waals surface area contributed by atoms with E-state index in [2.05, 4.69) is 9.71 Å². The van der Waals surface area contributed by atoms with Crippen molar-refractivity contribution in [3.8, 4) is 0 Å². The average molecular weight is 333 g/mol. The Morgan fingerprint density at radius 2 is 2.10 bits per heavy atom. The number of aromatic nitrogens is 1. The van der Waals surface area contributed by atoms with E-state index < -0.39 is 16.0 Å². The molecule has 2 heterocycles. The summed E-state index contributed by atoms with van der Waals surface area (Å²) in [5, 5.41) is 8.92. The molecule has 0 aliphatic rings. The highest BCUT2D eigenvalue weighted by Gasteiger charge is 2.18. The number of pyridine rings is 1. The van der Waals surface area contributed by atoms with Gasteiger partial charge in [0.15, 0.2) is 0 Å². The number of sulfonamides is 1. The molecule has 0 aromatic carbocycles. The van der Waals surface area contributed by atoms with Gasteiger partial charge in [0, 0.05) is 4.88 Å². The lowest BCUT2D eigenvalue weighted by Crippen LogP contribution is -2.11. The minimum atomic E-state index is -3.75. The van der Waals surface area contributed by atoms with Crippen LogP contribution in [0.2, 0.25) is 5.15 Å². The molecule has 0 radical (unpaired) electrons. The van der Waals surface area contributed by atoms with Gasteiger partial charge in [0.05, 0.1) is 18.3 Å². The summed E-state index contributed by atoms with van der Waals surface area (Å²) in [6.07, 6.45) is 1.09. The highest BCUT2D eigenvalue weighted by molar-refractivity contribution is 7.94. The van der Waals surface area contributed by atoms with Crippen LogP contribution in [0.1, 0.15) is 4.88 Å². The molecule has 2 aromatic rings. The lowest BCUT2D eigenvalue weighted by atomic mass is 10.3. The molecule has 106 valence electrons. The molecular weight excluding hydrogens is 324 g/mol. The van der Waals surface area contributed by atoms with Gasteiger partial charge >= 0.3 is 5.97 Å². The number of nitrogens with one attached hydrogen (secondary N) is 1. The number of aliphatic carboxylic acids is 1. The molecule has 0 spiro atoms. The van der Waals surface area contributed by atoms with Crippen molar-refractivity contribution in [2.24, 2.45) is 0 Å². The third-order valence-corrected chi connectivity index (χ3v) is 5.39. The molecule has 2 rings (SSSR count). The number of hydrogen-bond donors (Lipinski definition) is 2. The number of carbonyl (C=O) groups is 1. The molecule has 0 unspecified atom stereocenters. The molecule has 9 heteroatoms. The van der Waals surface area contributed by atoms with Gasteiger partial charge in [-0.3, -0.25) is 9.52 Å². The number of nitrogens with zero attached hydrogens (tertiary/aromatic N) is 1. The summed E-state index contributed by atoms with van der Waals surface area (Å²) in [4.78, 5) is 14.8. The van der Waals surface area contributed by atoms with E-state index in [1.54, 1.807) is 0 Å². The zero-order valence-corrected chi connectivity index (χ0v) is 12.3. The summed E-state index contributed by atoms with van der Waals surface area (Å²) in [6.45, 7) is 0. The minimum Gasteiger partial charge on any atom is -0.481 e. The Balaban J connectivity index is 2.19. The molecule has 0 saturated carbocycles. The summed E-state index contributed by atoms with van der Waals surface area (Å²) < 4.78 is 26.5. The van der Waals surface area contributed by atoms with Crippen molar-refractivity contribution in [3.63, 3.8) is 0 Å². The summed E-state index contributed by atoms with van der Waals surface area (Å²) in [7, 11) is -3.75. The predicted molar refractivity (Wildman–Crippen MR) is 75.7 cm³/mol. The number of anilines is 1. The van der Waals surface area contributed by atoms with E-state index in [1.165, 1.54) is 30.5 Å². The lowest BCUT2D eigenvalue weighted by molar-refractivity contribution is -0.136. The fourth-order valence-corrected chi connectivity index (χ4v) is 3.89. The molecule has 0 aliphatic carbocycles. The van der Waals surface area contributed by atoms with Crippen LogP contribution in [0.3, 0.4) is 0 Å². The molecule has 0 aliphatic heterocycles. The van der Waals surface area contributed by atoms with Gasteiger partial charge < -0.3 is 5.11 Å². The summed E-state index contributed by atoms with van der Waals surface area (Å²) in [5.41, 5.74) is 0.280. The zero-order chi connectivity index (χ0) is 14.8. The van der Waals surface area contributed by atoms with Crippen molar-refractivity contribution in [2.45, 2.75) is 10.6 Å². The van der Waals surface area contributed by atoms with E-state index >= 15 is 0 Å². The van der Waals surface area contributed by atoms with Crippen molar-refractivity contribution < 1.29 is 18.3 Å². The van der Waals surface area contributed by atoms with E-state index in [0.717, 1.165) is 11.3 Å². The Labute approximate surface area is 124 Å². The standard InChI is InChI=1S/C11H9ClN2O4S2/c12-9-3-1-7(6-13-9)14-20(17,18)11-4-2-8(19-11)5-10(15)16/h1-4,6,14H,5H2,(H,15,16). The van der Waals surface area contributed by atoms with Crippen molar-refractivity contribution in [1.82, 2.24) is 4.98 Å². The molecule has 0 amide bonds. The van der Waals surface area contributed by atoms with E-state index in [1.807, 2.05) is 0 Å². The summed E-state index contributed by atoms with van der Waals surface area (Å²) in [5.74, 6) is -1.01. The first kappa shape index (κ1) is 14.8. The zero-order valence-electron chi connectivity index (χ0n) is 9.91. The molecule has 20 heavy (non-hydrogen) atoms. The second-order valence-corrected chi connectivity index (χ2v) is 7.23. The quantitative estimate of drug-likeness (QED) is 0.818. The van der Waals surface area contributed by atoms with E-state index in [4.69, 9.17) is 16.7 Å². The number of hydrogen-bond acceptors (Lipinski definition) is 5. The third-order valence-electron chi connectivity index (χ3n) is 2.21. The van der Waals surface area contributed by atoms with E-state index in [0.29, 0.717) is 4.88 Å². The molecule has 0 bridgehead atoms. The fraction of sp³-hybridized carbons (Fsp3) is 0.0909. The predicted octanol–water partition coefficient (Wildman–Crippen LogP) is 2.22. The Morgan fingerprint density at radius 3 is 2.70 bits per heavy atom. The molecular formula is C11H9ClN2O4S2. The number of rotatable bonds is 5. The second-order valence-electron chi connectivity index (χ2n) is 3.77. The van der Waals surface area contributed by atoms with Gasteiger partial charge in [-0.1, -0.05) is 11.6 Å². The number of carboxylic acids is 1. The molecule has 0 fully saturated rings. The van der Waals surface area contributed by atoms with Gasteiger partial charge in [0.1, 0.15) is 9.36 Å². The molecule has 2 aromatic heterocycles. The van der Waals surface area contributed by atoms with Gasteiger partial charge in [-0.15, -0.1) is 11.3 Å². The Kier molecular flexibility index (Phi) is 4.26. The molecule has 0 atom stereocenters. The lowest BCUT2D eigenvalue weighted by Gasteiger charge is -2.05. The highest BCUT2D eigenvalue weighted by atomic mass is 35.5. The number of halogens is 1. The number of carboxylic acid groups (broad SMARTS) is 1. The highest BCUT2D eigenvalue weighted by Crippen LogP contribution is 2.24. The summed E-state index contributed by atoms with van der Waals surface area (Å²) >= 11 is 6.52. The van der Waals surface area contributed by atoms with Crippen LogP contribution in [0.25, 0.3) is 0 Å². The largest absolute Gasteiger partial charge is 0.481 e. The Bertz CT molecular complexity index is 725. The van der Waals surface area contributed by atoms with Gasteiger partial charge in [-0.25, -0.2) is 13.4 Å². The van der Waals surface area contributed by atoms with Gasteiger partial charge in [-0.05, 0) is 24.3 Å². The van der Waals surface area contributed by atoms with Gasteiger partial charge in [-0.2, -0.15) is 0 Å². The van der Waals surface area contributed by atoms with Crippen LogP contribution in [0.5, 0.6) is 0 Å². The van der Waals surface area contributed by atoms with Crippen LogP contribution >= 0.6 is 22.9 Å². The van der Waals surface area contributed by atoms with Crippen molar-refractivity contribution in [2.75, 3.05) is 4.72 Å². The van der Waals surface area contributed by atoms with Crippen LogP contribution in [-0.4, -0.2) is 24.5 Å². The monoisotopic (exact) mass is 332 g/mol. The first-order chi connectivity index (χ1) is 9.37. The van der Waals surface area contributed by atoms with Gasteiger partial charge in [0.25, 0.3) is 10.0 Å². The number of thiophene rings is 1.